The highest BCUT2D eigenvalue weighted by atomic mass is 35.5. The van der Waals surface area contributed by atoms with Crippen molar-refractivity contribution in [1.29, 1.82) is 0 Å². The average Bonchev–Trinajstić information content (AvgIpc) is 2.72. The Hall–Kier alpha value is -2.00. The molecule has 0 bridgehead atoms. The maximum Gasteiger partial charge on any atom is 0.244 e. The fourth-order valence-corrected chi connectivity index (χ4v) is 4.46. The van der Waals surface area contributed by atoms with Gasteiger partial charge >= 0.3 is 0 Å². The number of sulfonamides is 1. The lowest BCUT2D eigenvalue weighted by Crippen LogP contribution is -2.51. The van der Waals surface area contributed by atoms with E-state index in [2.05, 4.69) is 5.32 Å². The van der Waals surface area contributed by atoms with Gasteiger partial charge in [-0.3, -0.25) is 13.9 Å². The van der Waals surface area contributed by atoms with Crippen LogP contribution in [0, 0.1) is 0 Å². The molecule has 0 aliphatic heterocycles. The minimum Gasteiger partial charge on any atom is -0.355 e. The van der Waals surface area contributed by atoms with Crippen molar-refractivity contribution in [3.8, 4) is 0 Å². The number of rotatable bonds is 9. The van der Waals surface area contributed by atoms with Crippen LogP contribution in [0.2, 0.25) is 15.1 Å². The summed E-state index contributed by atoms with van der Waals surface area (Å²) in [6.45, 7) is 3.20. The molecule has 0 unspecified atom stereocenters. The van der Waals surface area contributed by atoms with E-state index in [1.54, 1.807) is 44.2 Å². The molecule has 0 saturated heterocycles. The van der Waals surface area contributed by atoms with Crippen molar-refractivity contribution in [3.05, 3.63) is 63.1 Å². The number of halogens is 3. The molecule has 0 aliphatic carbocycles. The second kappa shape index (κ2) is 11.2. The average molecular weight is 521 g/mol. The zero-order chi connectivity index (χ0) is 24.1. The first-order valence-electron chi connectivity index (χ1n) is 9.69. The number of nitrogens with zero attached hydrogens (tertiary/aromatic N) is 2. The summed E-state index contributed by atoms with van der Waals surface area (Å²) in [5.74, 6) is -0.954. The molecular weight excluding hydrogens is 497 g/mol. The number of hydrogen-bond donors (Lipinski definition) is 1. The van der Waals surface area contributed by atoms with Crippen molar-refractivity contribution in [2.24, 2.45) is 0 Å². The Labute approximate surface area is 203 Å². The van der Waals surface area contributed by atoms with Gasteiger partial charge in [0.2, 0.25) is 21.8 Å². The molecule has 0 heterocycles. The molecule has 2 aromatic rings. The van der Waals surface area contributed by atoms with E-state index >= 15 is 0 Å². The Balaban J connectivity index is 2.41. The van der Waals surface area contributed by atoms with Crippen molar-refractivity contribution < 1.29 is 18.0 Å². The zero-order valence-corrected chi connectivity index (χ0v) is 20.9. The summed E-state index contributed by atoms with van der Waals surface area (Å²) >= 11 is 18.2. The topological polar surface area (TPSA) is 86.8 Å². The monoisotopic (exact) mass is 519 g/mol. The van der Waals surface area contributed by atoms with E-state index in [9.17, 15) is 18.0 Å². The number of amides is 2. The third-order valence-electron chi connectivity index (χ3n) is 4.66. The molecule has 0 saturated carbocycles. The Morgan fingerprint density at radius 2 is 1.69 bits per heavy atom. The minimum absolute atomic E-state index is 0.0220. The quantitative estimate of drug-likeness (QED) is 0.542. The van der Waals surface area contributed by atoms with E-state index in [-0.39, 0.29) is 23.2 Å². The molecule has 0 aromatic heterocycles. The molecule has 2 rings (SSSR count). The molecule has 1 atom stereocenters. The van der Waals surface area contributed by atoms with Gasteiger partial charge in [0, 0.05) is 13.1 Å². The van der Waals surface area contributed by atoms with E-state index in [1.807, 2.05) is 0 Å². The number of anilines is 1. The van der Waals surface area contributed by atoms with Gasteiger partial charge < -0.3 is 10.2 Å². The van der Waals surface area contributed by atoms with Crippen molar-refractivity contribution in [1.82, 2.24) is 10.2 Å². The summed E-state index contributed by atoms with van der Waals surface area (Å²) in [6, 6.07) is 10.3. The number of likely N-dealkylation sites (N-methyl/N-ethyl adjacent to an activating group) is 1. The van der Waals surface area contributed by atoms with Gasteiger partial charge in [0.1, 0.15) is 12.6 Å². The summed E-state index contributed by atoms with van der Waals surface area (Å²) in [5, 5.41) is 3.51. The van der Waals surface area contributed by atoms with E-state index in [0.29, 0.717) is 22.2 Å². The molecular formula is C21H24Cl3N3O4S. The van der Waals surface area contributed by atoms with Crippen LogP contribution in [-0.2, 0) is 26.2 Å². The normalized spacial score (nSPS) is 12.2. The van der Waals surface area contributed by atoms with Gasteiger partial charge in [0.05, 0.1) is 27.0 Å². The van der Waals surface area contributed by atoms with Crippen LogP contribution in [0.15, 0.2) is 42.5 Å². The van der Waals surface area contributed by atoms with Crippen molar-refractivity contribution in [2.45, 2.75) is 26.4 Å². The number of hydrogen-bond acceptors (Lipinski definition) is 4. The van der Waals surface area contributed by atoms with Gasteiger partial charge in [-0.15, -0.1) is 0 Å². The van der Waals surface area contributed by atoms with Gasteiger partial charge in [0.15, 0.2) is 0 Å². The molecule has 11 heteroatoms. The fourth-order valence-electron chi connectivity index (χ4n) is 2.99. The van der Waals surface area contributed by atoms with E-state index < -0.39 is 28.5 Å². The standard InChI is InChI=1S/C21H24Cl3N3O4S/c1-4-25-21(29)14(2)26(12-15-9-10-16(22)18(24)11-15)20(28)13-27(32(3,30)31)19-8-6-5-7-17(19)23/h5-11,14H,4,12-13H2,1-3H3,(H,25,29)/t14-/m0/s1. The first-order chi connectivity index (χ1) is 15.0. The number of para-hydroxylation sites is 1. The van der Waals surface area contributed by atoms with Crippen LogP contribution in [0.25, 0.3) is 0 Å². The van der Waals surface area contributed by atoms with Crippen LogP contribution in [0.3, 0.4) is 0 Å². The van der Waals surface area contributed by atoms with E-state index in [0.717, 1.165) is 10.6 Å². The zero-order valence-electron chi connectivity index (χ0n) is 17.8. The Bertz CT molecular complexity index is 1100. The summed E-state index contributed by atoms with van der Waals surface area (Å²) in [5.41, 5.74) is 0.803. The molecule has 2 amide bonds. The third kappa shape index (κ3) is 6.75. The van der Waals surface area contributed by atoms with Crippen LogP contribution in [0.1, 0.15) is 19.4 Å². The maximum atomic E-state index is 13.3. The Kier molecular flexibility index (Phi) is 9.21. The Morgan fingerprint density at radius 3 is 2.25 bits per heavy atom. The summed E-state index contributed by atoms with van der Waals surface area (Å²) in [4.78, 5) is 27.1. The smallest absolute Gasteiger partial charge is 0.244 e. The number of nitrogens with one attached hydrogen (secondary N) is 1. The fraction of sp³-hybridized carbons (Fsp3) is 0.333. The molecule has 7 nitrogen and oxygen atoms in total. The van der Waals surface area contributed by atoms with Crippen molar-refractivity contribution >= 4 is 62.3 Å². The highest BCUT2D eigenvalue weighted by molar-refractivity contribution is 7.92. The summed E-state index contributed by atoms with van der Waals surface area (Å²) < 4.78 is 25.9. The van der Waals surface area contributed by atoms with Gasteiger partial charge in [-0.25, -0.2) is 8.42 Å². The van der Waals surface area contributed by atoms with Crippen LogP contribution < -0.4 is 9.62 Å². The molecule has 0 aliphatic rings. The highest BCUT2D eigenvalue weighted by Gasteiger charge is 2.30. The second-order valence-corrected chi connectivity index (χ2v) is 10.2. The lowest BCUT2D eigenvalue weighted by Gasteiger charge is -2.31. The van der Waals surface area contributed by atoms with E-state index in [1.165, 1.54) is 17.0 Å². The molecule has 0 spiro atoms. The van der Waals surface area contributed by atoms with Gasteiger partial charge in [-0.1, -0.05) is 53.0 Å². The van der Waals surface area contributed by atoms with Crippen molar-refractivity contribution in [2.75, 3.05) is 23.7 Å². The van der Waals surface area contributed by atoms with Crippen LogP contribution >= 0.6 is 34.8 Å². The summed E-state index contributed by atoms with van der Waals surface area (Å²) in [6.07, 6.45) is 0.986. The van der Waals surface area contributed by atoms with Crippen molar-refractivity contribution in [3.63, 3.8) is 0 Å². The van der Waals surface area contributed by atoms with E-state index in [4.69, 9.17) is 34.8 Å². The predicted octanol–water partition coefficient (Wildman–Crippen LogP) is 3.97. The molecule has 0 radical (unpaired) electrons. The molecule has 174 valence electrons. The second-order valence-electron chi connectivity index (χ2n) is 7.06. The highest BCUT2D eigenvalue weighted by Crippen LogP contribution is 2.28. The lowest BCUT2D eigenvalue weighted by atomic mass is 10.1. The van der Waals surface area contributed by atoms with Crippen LogP contribution in [0.5, 0.6) is 0 Å². The number of benzene rings is 2. The Morgan fingerprint density at radius 1 is 1.03 bits per heavy atom. The first kappa shape index (κ1) is 26.3. The van der Waals surface area contributed by atoms with Gasteiger partial charge in [-0.2, -0.15) is 0 Å². The summed E-state index contributed by atoms with van der Waals surface area (Å²) in [7, 11) is -3.85. The van der Waals surface area contributed by atoms with Crippen LogP contribution in [-0.4, -0.2) is 50.5 Å². The SMILES string of the molecule is CCNC(=O)[C@H](C)N(Cc1ccc(Cl)c(Cl)c1)C(=O)CN(c1ccccc1Cl)S(C)(=O)=O. The van der Waals surface area contributed by atoms with Crippen LogP contribution in [0.4, 0.5) is 5.69 Å². The maximum absolute atomic E-state index is 13.3. The number of carbonyl (C=O) groups excluding carboxylic acids is 2. The largest absolute Gasteiger partial charge is 0.355 e. The lowest BCUT2D eigenvalue weighted by molar-refractivity contribution is -0.139. The third-order valence-corrected chi connectivity index (χ3v) is 6.84. The molecule has 32 heavy (non-hydrogen) atoms. The van der Waals surface area contributed by atoms with Gasteiger partial charge in [0.25, 0.3) is 0 Å². The molecule has 1 N–H and O–H groups in total. The minimum atomic E-state index is -3.85. The number of carbonyl (C=O) groups is 2. The molecule has 0 fully saturated rings. The van der Waals surface area contributed by atoms with Gasteiger partial charge in [-0.05, 0) is 43.7 Å². The molecule has 2 aromatic carbocycles. The first-order valence-corrected chi connectivity index (χ1v) is 12.7. The predicted molar refractivity (Wildman–Crippen MR) is 129 cm³/mol.